The maximum Gasteiger partial charge on any atom is 0.0159 e. The normalized spacial score (nSPS) is 14.7. The molecule has 0 saturated carbocycles. The Morgan fingerprint density at radius 1 is 0.250 bits per heavy atom. The van der Waals surface area contributed by atoms with Gasteiger partial charge in [0.1, 0.15) is 0 Å². The van der Waals surface area contributed by atoms with Crippen molar-refractivity contribution in [2.24, 2.45) is 0 Å². The van der Waals surface area contributed by atoms with E-state index >= 15 is 0 Å². The number of rotatable bonds is 2. The molecule has 0 spiro atoms. The van der Waals surface area contributed by atoms with Gasteiger partial charge in [0.05, 0.1) is 0 Å². The first kappa shape index (κ1) is 31.8. The molecule has 0 N–H and O–H groups in total. The first-order valence-corrected chi connectivity index (χ1v) is 20.0. The Balaban J connectivity index is 1.20. The van der Waals surface area contributed by atoms with Crippen LogP contribution in [-0.4, -0.2) is 0 Å². The molecule has 0 saturated heterocycles. The van der Waals surface area contributed by atoms with E-state index in [9.17, 15) is 0 Å². The minimum absolute atomic E-state index is 0.115. The molecule has 0 amide bonds. The van der Waals surface area contributed by atoms with Gasteiger partial charge in [-0.3, -0.25) is 0 Å². The fraction of sp³-hybridized carbons (Fsp3) is 0.107. The van der Waals surface area contributed by atoms with Gasteiger partial charge in [-0.05, 0) is 145 Å². The molecule has 0 unspecified atom stereocenters. The van der Waals surface area contributed by atoms with Crippen LogP contribution < -0.4 is 0 Å². The first-order valence-electron chi connectivity index (χ1n) is 20.0. The van der Waals surface area contributed by atoms with Crippen LogP contribution in [0, 0.1) is 0 Å². The van der Waals surface area contributed by atoms with Crippen LogP contribution >= 0.6 is 0 Å². The molecule has 0 aromatic heterocycles. The summed E-state index contributed by atoms with van der Waals surface area (Å²) in [5.74, 6) is 0. The summed E-state index contributed by atoms with van der Waals surface area (Å²) >= 11 is 0. The van der Waals surface area contributed by atoms with Gasteiger partial charge in [0.2, 0.25) is 0 Å². The van der Waals surface area contributed by atoms with Crippen LogP contribution in [0.1, 0.15) is 49.9 Å². The van der Waals surface area contributed by atoms with Crippen LogP contribution in [0.3, 0.4) is 0 Å². The lowest BCUT2D eigenvalue weighted by atomic mass is 9.77. The topological polar surface area (TPSA) is 0 Å². The van der Waals surface area contributed by atoms with E-state index in [1.807, 2.05) is 0 Å². The minimum Gasteiger partial charge on any atom is -0.0619 e. The molecule has 10 aromatic rings. The summed E-state index contributed by atoms with van der Waals surface area (Å²) in [4.78, 5) is 0. The Morgan fingerprint density at radius 3 is 1.11 bits per heavy atom. The van der Waals surface area contributed by atoms with Crippen molar-refractivity contribution in [1.82, 2.24) is 0 Å². The van der Waals surface area contributed by atoms with Gasteiger partial charge < -0.3 is 0 Å². The van der Waals surface area contributed by atoms with Gasteiger partial charge in [-0.1, -0.05) is 173 Å². The van der Waals surface area contributed by atoms with Crippen LogP contribution in [-0.2, 0) is 10.8 Å². The van der Waals surface area contributed by atoms with Crippen molar-refractivity contribution in [3.05, 3.63) is 192 Å². The molecule has 2 aliphatic carbocycles. The fourth-order valence-electron chi connectivity index (χ4n) is 10.9. The van der Waals surface area contributed by atoms with Gasteiger partial charge in [-0.25, -0.2) is 0 Å². The standard InChI is InChI=1S/C56H40/c1-55(2)47-28-16-15-27-43(47)53-37-21-9-7-19-35(37)44(31-49(53)55)51-39-23-11-13-25-41(39)52(42-26-14-12-24-40(42)51)45-32-50-54(38-22-10-8-20-36(38)45)46-29-33-17-5-6-18-34(33)30-48(46)56(50,3)4/h5-32H,1-4H3. The highest BCUT2D eigenvalue weighted by atomic mass is 14.4. The first-order chi connectivity index (χ1) is 27.3. The van der Waals surface area contributed by atoms with Crippen molar-refractivity contribution < 1.29 is 0 Å². The maximum atomic E-state index is 2.56. The number of hydrogen-bond acceptors (Lipinski definition) is 0. The molecular formula is C56H40. The molecule has 0 bridgehead atoms. The van der Waals surface area contributed by atoms with Crippen molar-refractivity contribution in [2.45, 2.75) is 38.5 Å². The lowest BCUT2D eigenvalue weighted by Gasteiger charge is -2.25. The SMILES string of the molecule is CC1(C)c2ccccc2-c2c1cc(-c1c3ccccc3c(-c3cc4c(c5ccccc35)-c3cc5ccccc5cc3C4(C)C)c3ccccc13)c1ccccc21. The molecule has 264 valence electrons. The Morgan fingerprint density at radius 2 is 0.607 bits per heavy atom. The Labute approximate surface area is 327 Å². The lowest BCUT2D eigenvalue weighted by Crippen LogP contribution is -2.15. The van der Waals surface area contributed by atoms with Crippen LogP contribution in [0.2, 0.25) is 0 Å². The number of hydrogen-bond donors (Lipinski definition) is 0. The summed E-state index contributed by atoms with van der Waals surface area (Å²) in [6.45, 7) is 9.64. The van der Waals surface area contributed by atoms with Crippen molar-refractivity contribution >= 4 is 53.9 Å². The molecule has 0 heterocycles. The van der Waals surface area contributed by atoms with Gasteiger partial charge in [-0.2, -0.15) is 0 Å². The highest BCUT2D eigenvalue weighted by Crippen LogP contribution is 2.57. The molecule has 0 aliphatic heterocycles. The Bertz CT molecular complexity index is 3300. The molecule has 12 rings (SSSR count). The van der Waals surface area contributed by atoms with Crippen LogP contribution in [0.25, 0.3) is 98.4 Å². The number of benzene rings is 10. The second-order valence-corrected chi connectivity index (χ2v) is 17.2. The second kappa shape index (κ2) is 11.1. The fourth-order valence-corrected chi connectivity index (χ4v) is 10.9. The van der Waals surface area contributed by atoms with Crippen molar-refractivity contribution in [3.8, 4) is 44.5 Å². The predicted octanol–water partition coefficient (Wildman–Crippen LogP) is 15.4. The van der Waals surface area contributed by atoms with E-state index in [2.05, 4.69) is 198 Å². The smallest absolute Gasteiger partial charge is 0.0159 e. The van der Waals surface area contributed by atoms with Crippen LogP contribution in [0.5, 0.6) is 0 Å². The van der Waals surface area contributed by atoms with E-state index < -0.39 is 0 Å². The molecule has 0 atom stereocenters. The zero-order valence-electron chi connectivity index (χ0n) is 32.2. The molecular weight excluding hydrogens is 673 g/mol. The number of fused-ring (bicyclic) bond motifs is 13. The van der Waals surface area contributed by atoms with Crippen molar-refractivity contribution in [1.29, 1.82) is 0 Å². The van der Waals surface area contributed by atoms with Gasteiger partial charge in [-0.15, -0.1) is 0 Å². The molecule has 56 heavy (non-hydrogen) atoms. The molecule has 0 fully saturated rings. The predicted molar refractivity (Wildman–Crippen MR) is 240 cm³/mol. The quantitative estimate of drug-likeness (QED) is 0.157. The van der Waals surface area contributed by atoms with Gasteiger partial charge in [0.15, 0.2) is 0 Å². The Hall–Kier alpha value is -6.50. The third kappa shape index (κ3) is 4.04. The van der Waals surface area contributed by atoms with E-state index in [0.717, 1.165) is 0 Å². The van der Waals surface area contributed by atoms with E-state index in [1.165, 1.54) is 121 Å². The van der Waals surface area contributed by atoms with Gasteiger partial charge >= 0.3 is 0 Å². The van der Waals surface area contributed by atoms with E-state index in [-0.39, 0.29) is 10.8 Å². The summed E-state index contributed by atoms with van der Waals surface area (Å²) in [5.41, 5.74) is 16.1. The lowest BCUT2D eigenvalue weighted by molar-refractivity contribution is 0.661. The van der Waals surface area contributed by atoms with E-state index in [4.69, 9.17) is 0 Å². The molecule has 0 radical (unpaired) electrons. The third-order valence-electron chi connectivity index (χ3n) is 13.6. The monoisotopic (exact) mass is 712 g/mol. The second-order valence-electron chi connectivity index (χ2n) is 17.2. The highest BCUT2D eigenvalue weighted by Gasteiger charge is 2.39. The zero-order valence-corrected chi connectivity index (χ0v) is 32.2. The van der Waals surface area contributed by atoms with Crippen molar-refractivity contribution in [3.63, 3.8) is 0 Å². The summed E-state index contributed by atoms with van der Waals surface area (Å²) < 4.78 is 0. The minimum atomic E-state index is -0.160. The summed E-state index contributed by atoms with van der Waals surface area (Å²) in [7, 11) is 0. The van der Waals surface area contributed by atoms with Gasteiger partial charge in [0, 0.05) is 10.8 Å². The van der Waals surface area contributed by atoms with E-state index in [0.29, 0.717) is 0 Å². The summed E-state index contributed by atoms with van der Waals surface area (Å²) in [6, 6.07) is 64.4. The largest absolute Gasteiger partial charge is 0.0619 e. The van der Waals surface area contributed by atoms with Crippen LogP contribution in [0.15, 0.2) is 170 Å². The maximum absolute atomic E-state index is 2.56. The van der Waals surface area contributed by atoms with Gasteiger partial charge in [0.25, 0.3) is 0 Å². The zero-order chi connectivity index (χ0) is 37.5. The molecule has 2 aliphatic rings. The molecule has 0 heteroatoms. The summed E-state index contributed by atoms with van der Waals surface area (Å²) in [6.07, 6.45) is 0. The highest BCUT2D eigenvalue weighted by molar-refractivity contribution is 6.27. The van der Waals surface area contributed by atoms with Crippen LogP contribution in [0.4, 0.5) is 0 Å². The van der Waals surface area contributed by atoms with E-state index in [1.54, 1.807) is 0 Å². The molecule has 0 nitrogen and oxygen atoms in total. The average Bonchev–Trinajstić information content (AvgIpc) is 3.60. The third-order valence-corrected chi connectivity index (χ3v) is 13.6. The van der Waals surface area contributed by atoms with Crippen molar-refractivity contribution in [2.75, 3.05) is 0 Å². The average molecular weight is 713 g/mol. The summed E-state index contributed by atoms with van der Waals surface area (Å²) in [5, 5.41) is 13.0. The Kier molecular flexibility index (Phi) is 6.28. The molecule has 10 aromatic carbocycles.